The molecule has 3 heterocycles. The standard InChI is InChI=1S/C20H30N4O3.HI/c1-2-21-20(22-12-17-13-24-8-3-5-16(24)14-27-17)23-15-6-7-18-19(11-15)26-10-4-9-25-18;/h6-7,11,16-17H,2-5,8-10,12-14H2,1H3,(H2,21,22,23);1H. The summed E-state index contributed by atoms with van der Waals surface area (Å²) in [6.45, 7) is 7.92. The van der Waals surface area contributed by atoms with Gasteiger partial charge in [-0.1, -0.05) is 0 Å². The number of anilines is 1. The molecule has 156 valence electrons. The fourth-order valence-electron chi connectivity index (χ4n) is 3.87. The first kappa shape index (κ1) is 21.4. The van der Waals surface area contributed by atoms with Crippen molar-refractivity contribution in [3.63, 3.8) is 0 Å². The van der Waals surface area contributed by atoms with E-state index in [1.807, 2.05) is 18.2 Å². The highest BCUT2D eigenvalue weighted by Crippen LogP contribution is 2.32. The largest absolute Gasteiger partial charge is 0.490 e. The molecule has 3 aliphatic rings. The zero-order valence-corrected chi connectivity index (χ0v) is 18.8. The van der Waals surface area contributed by atoms with Crippen LogP contribution in [0.4, 0.5) is 5.69 Å². The van der Waals surface area contributed by atoms with Crippen molar-refractivity contribution < 1.29 is 14.2 Å². The Morgan fingerprint density at radius 1 is 1.21 bits per heavy atom. The van der Waals surface area contributed by atoms with Gasteiger partial charge >= 0.3 is 0 Å². The van der Waals surface area contributed by atoms with Crippen LogP contribution in [0.2, 0.25) is 0 Å². The second-order valence-electron chi connectivity index (χ2n) is 7.30. The third kappa shape index (κ3) is 5.42. The summed E-state index contributed by atoms with van der Waals surface area (Å²) < 4.78 is 17.5. The molecule has 2 fully saturated rings. The van der Waals surface area contributed by atoms with Gasteiger partial charge in [0, 0.05) is 37.3 Å². The lowest BCUT2D eigenvalue weighted by Crippen LogP contribution is -2.47. The van der Waals surface area contributed by atoms with Gasteiger partial charge in [-0.2, -0.15) is 0 Å². The average Bonchev–Trinajstić information content (AvgIpc) is 3.03. The maximum Gasteiger partial charge on any atom is 0.195 e. The number of aliphatic imine (C=N–C) groups is 1. The summed E-state index contributed by atoms with van der Waals surface area (Å²) >= 11 is 0. The highest BCUT2D eigenvalue weighted by molar-refractivity contribution is 14.0. The number of hydrogen-bond acceptors (Lipinski definition) is 5. The molecule has 2 unspecified atom stereocenters. The van der Waals surface area contributed by atoms with E-state index in [9.17, 15) is 0 Å². The average molecular weight is 502 g/mol. The van der Waals surface area contributed by atoms with E-state index in [1.54, 1.807) is 0 Å². The summed E-state index contributed by atoms with van der Waals surface area (Å²) in [6.07, 6.45) is 3.63. The first-order valence-electron chi connectivity index (χ1n) is 10.1. The number of hydrogen-bond donors (Lipinski definition) is 2. The number of fused-ring (bicyclic) bond motifs is 2. The molecule has 1 aromatic carbocycles. The number of nitrogens with zero attached hydrogens (tertiary/aromatic N) is 2. The number of ether oxygens (including phenoxy) is 3. The molecule has 2 saturated heterocycles. The van der Waals surface area contributed by atoms with Gasteiger partial charge in [-0.15, -0.1) is 24.0 Å². The van der Waals surface area contributed by atoms with Crippen molar-refractivity contribution in [2.45, 2.75) is 38.3 Å². The minimum absolute atomic E-state index is 0. The van der Waals surface area contributed by atoms with Gasteiger partial charge in [0.1, 0.15) is 0 Å². The lowest BCUT2D eigenvalue weighted by molar-refractivity contribution is -0.0431. The van der Waals surface area contributed by atoms with Gasteiger partial charge in [0.25, 0.3) is 0 Å². The third-order valence-corrected chi connectivity index (χ3v) is 5.27. The summed E-state index contributed by atoms with van der Waals surface area (Å²) in [5, 5.41) is 6.68. The van der Waals surface area contributed by atoms with E-state index in [-0.39, 0.29) is 30.1 Å². The highest BCUT2D eigenvalue weighted by Gasteiger charge is 2.32. The van der Waals surface area contributed by atoms with Gasteiger partial charge < -0.3 is 24.8 Å². The molecule has 0 saturated carbocycles. The van der Waals surface area contributed by atoms with Crippen LogP contribution in [0.15, 0.2) is 23.2 Å². The first-order valence-corrected chi connectivity index (χ1v) is 10.1. The maximum atomic E-state index is 6.02. The topological polar surface area (TPSA) is 67.4 Å². The fraction of sp³-hybridized carbons (Fsp3) is 0.650. The van der Waals surface area contributed by atoms with Gasteiger partial charge in [0.2, 0.25) is 0 Å². The highest BCUT2D eigenvalue weighted by atomic mass is 127. The molecule has 0 radical (unpaired) electrons. The first-order chi connectivity index (χ1) is 13.3. The Kier molecular flexibility index (Phi) is 8.04. The van der Waals surface area contributed by atoms with Crippen LogP contribution in [-0.2, 0) is 4.74 Å². The van der Waals surface area contributed by atoms with Gasteiger partial charge in [-0.05, 0) is 38.4 Å². The lowest BCUT2D eigenvalue weighted by atomic mass is 10.2. The number of benzene rings is 1. The summed E-state index contributed by atoms with van der Waals surface area (Å²) in [6, 6.07) is 6.54. The summed E-state index contributed by atoms with van der Waals surface area (Å²) in [5.74, 6) is 2.35. The Bertz CT molecular complexity index is 673. The van der Waals surface area contributed by atoms with E-state index in [4.69, 9.17) is 19.2 Å². The Morgan fingerprint density at radius 3 is 2.93 bits per heavy atom. The molecular formula is C20H31IN4O3. The zero-order valence-electron chi connectivity index (χ0n) is 16.5. The Hall–Kier alpha value is -1.26. The van der Waals surface area contributed by atoms with Crippen molar-refractivity contribution >= 4 is 35.6 Å². The molecule has 7 nitrogen and oxygen atoms in total. The number of guanidine groups is 1. The monoisotopic (exact) mass is 502 g/mol. The van der Waals surface area contributed by atoms with Gasteiger partial charge in [0.05, 0.1) is 32.5 Å². The van der Waals surface area contributed by atoms with E-state index >= 15 is 0 Å². The van der Waals surface area contributed by atoms with Gasteiger partial charge in [-0.3, -0.25) is 9.89 Å². The summed E-state index contributed by atoms with van der Waals surface area (Å²) in [4.78, 5) is 7.30. The van der Waals surface area contributed by atoms with E-state index < -0.39 is 0 Å². The van der Waals surface area contributed by atoms with Crippen LogP contribution in [0.25, 0.3) is 0 Å². The van der Waals surface area contributed by atoms with Crippen LogP contribution in [0.5, 0.6) is 11.5 Å². The SMILES string of the molecule is CCNC(=NCC1CN2CCCC2CO1)Nc1ccc2c(c1)OCCCO2.I. The van der Waals surface area contributed by atoms with Crippen LogP contribution >= 0.6 is 24.0 Å². The Morgan fingerprint density at radius 2 is 2.07 bits per heavy atom. The van der Waals surface area contributed by atoms with Crippen LogP contribution in [0.3, 0.4) is 0 Å². The molecule has 0 spiro atoms. The number of morpholine rings is 1. The zero-order chi connectivity index (χ0) is 18.5. The Balaban J connectivity index is 0.00000225. The molecule has 2 N–H and O–H groups in total. The van der Waals surface area contributed by atoms with E-state index in [0.29, 0.717) is 25.8 Å². The van der Waals surface area contributed by atoms with Crippen LogP contribution in [-0.4, -0.2) is 69.0 Å². The molecule has 28 heavy (non-hydrogen) atoms. The van der Waals surface area contributed by atoms with Crippen molar-refractivity contribution in [1.82, 2.24) is 10.2 Å². The quantitative estimate of drug-likeness (QED) is 0.375. The molecule has 3 aliphatic heterocycles. The number of halogens is 1. The smallest absolute Gasteiger partial charge is 0.195 e. The minimum atomic E-state index is 0. The lowest BCUT2D eigenvalue weighted by Gasteiger charge is -2.34. The molecule has 4 rings (SSSR count). The van der Waals surface area contributed by atoms with Crippen molar-refractivity contribution in [2.24, 2.45) is 4.99 Å². The van der Waals surface area contributed by atoms with Crippen molar-refractivity contribution in [1.29, 1.82) is 0 Å². The number of nitrogens with one attached hydrogen (secondary N) is 2. The van der Waals surface area contributed by atoms with Crippen molar-refractivity contribution in [3.05, 3.63) is 18.2 Å². The van der Waals surface area contributed by atoms with E-state index in [0.717, 1.165) is 49.3 Å². The van der Waals surface area contributed by atoms with Crippen LogP contribution in [0, 0.1) is 0 Å². The third-order valence-electron chi connectivity index (χ3n) is 5.27. The molecular weight excluding hydrogens is 471 g/mol. The molecule has 1 aromatic rings. The minimum Gasteiger partial charge on any atom is -0.490 e. The summed E-state index contributed by atoms with van der Waals surface area (Å²) in [5.41, 5.74) is 0.933. The predicted molar refractivity (Wildman–Crippen MR) is 121 cm³/mol. The summed E-state index contributed by atoms with van der Waals surface area (Å²) in [7, 11) is 0. The molecule has 0 amide bonds. The van der Waals surface area contributed by atoms with Gasteiger partial charge in [0.15, 0.2) is 17.5 Å². The Labute approximate surface area is 184 Å². The fourth-order valence-corrected chi connectivity index (χ4v) is 3.87. The van der Waals surface area contributed by atoms with Crippen molar-refractivity contribution in [3.8, 4) is 11.5 Å². The predicted octanol–water partition coefficient (Wildman–Crippen LogP) is 2.71. The van der Waals surface area contributed by atoms with Crippen molar-refractivity contribution in [2.75, 3.05) is 51.3 Å². The number of rotatable bonds is 4. The molecule has 0 bridgehead atoms. The molecule has 2 atom stereocenters. The second kappa shape index (κ2) is 10.5. The van der Waals surface area contributed by atoms with E-state index in [1.165, 1.54) is 19.4 Å². The second-order valence-corrected chi connectivity index (χ2v) is 7.30. The molecule has 8 heteroatoms. The van der Waals surface area contributed by atoms with Crippen LogP contribution in [0.1, 0.15) is 26.2 Å². The molecule has 0 aliphatic carbocycles. The molecule has 0 aromatic heterocycles. The van der Waals surface area contributed by atoms with Crippen LogP contribution < -0.4 is 20.1 Å². The van der Waals surface area contributed by atoms with E-state index in [2.05, 4.69) is 22.5 Å². The van der Waals surface area contributed by atoms with Gasteiger partial charge in [-0.25, -0.2) is 0 Å². The normalized spacial score (nSPS) is 24.7. The maximum absolute atomic E-state index is 6.02.